The van der Waals surface area contributed by atoms with E-state index in [1.807, 2.05) is 48.5 Å². The third-order valence-corrected chi connectivity index (χ3v) is 26.0. The van der Waals surface area contributed by atoms with E-state index >= 15 is 0 Å². The zero-order chi connectivity index (χ0) is 157. The van der Waals surface area contributed by atoms with Crippen LogP contribution in [0.15, 0.2) is 142 Å². The number of phenols is 6. The molecular weight excluding hydrogens is 1710 g/mol. The number of hydrogen-bond donors (Lipinski definition) is 6. The summed E-state index contributed by atoms with van der Waals surface area (Å²) in [6.07, 6.45) is -15.6. The first-order valence-corrected chi connectivity index (χ1v) is 48.3. The predicted octanol–water partition coefficient (Wildman–Crippen LogP) is 34.4. The van der Waals surface area contributed by atoms with E-state index in [9.17, 15) is 38.9 Å². The third-order valence-electron chi connectivity index (χ3n) is 26.0. The molecule has 12 heteroatoms. The molecule has 12 aliphatic rings. The van der Waals surface area contributed by atoms with E-state index in [0.717, 1.165) is 31.9 Å². The summed E-state index contributed by atoms with van der Waals surface area (Å²) in [6.45, 7) is 1.62. The molecule has 6 aromatic carbocycles. The molecule has 12 atom stereocenters. The van der Waals surface area contributed by atoms with Gasteiger partial charge in [0.05, 0.1) is 19.2 Å². The zero-order valence-corrected chi connectivity index (χ0v) is 82.1. The molecule has 6 aliphatic heterocycles. The fourth-order valence-corrected chi connectivity index (χ4v) is 18.6. The summed E-state index contributed by atoms with van der Waals surface area (Å²) in [5.74, 6) is -29.1. The standard InChI is InChI=1S/6C21H30O2/c6*1-5-6-7-8-15-12-18(22)20-16-11-14(2)9-10-17(16)21(3,4)23-19(20)13-15/h6*11-13,16-17,22H,5-10H2,1-4H3/t6*16-,17-/m111111/s1/i2D3,8D2,9D2,10D2,11D,12D,13D,16D,17D;2D3,8D2,10D2,11D,12D,13D,16D,17D;3D3,4D3,8D2,9D2,12D,13D;2D3,8D2,9D2,12D,13D,16D;3D3,4D3,8D2,12D,13D;2D3,8D2,12D,13D,16D. The highest BCUT2D eigenvalue weighted by Gasteiger charge is 2.52. The smallest absolute Gasteiger partial charge is 0.127 e. The topological polar surface area (TPSA) is 177 Å². The molecule has 0 amide bonds. The molecule has 6 heterocycles. The van der Waals surface area contributed by atoms with Crippen LogP contribution in [0, 0.1) is 35.5 Å². The third kappa shape index (κ3) is 25.0. The highest BCUT2D eigenvalue weighted by Crippen LogP contribution is 2.61. The van der Waals surface area contributed by atoms with Gasteiger partial charge in [-0.15, -0.1) is 0 Å². The van der Waals surface area contributed by atoms with Gasteiger partial charge in [-0.3, -0.25) is 0 Å². The van der Waals surface area contributed by atoms with Crippen molar-refractivity contribution in [1.82, 2.24) is 0 Å². The Morgan fingerprint density at radius 3 is 0.971 bits per heavy atom. The van der Waals surface area contributed by atoms with E-state index in [1.165, 1.54) is 32.9 Å². The molecule has 12 nitrogen and oxygen atoms in total. The maximum absolute atomic E-state index is 11.1. The van der Waals surface area contributed by atoms with Crippen LogP contribution in [0.2, 0.25) is 0 Å². The van der Waals surface area contributed by atoms with Crippen LogP contribution in [-0.2, 0) is 38.2 Å². The summed E-state index contributed by atoms with van der Waals surface area (Å²) < 4.78 is 589. The van der Waals surface area contributed by atoms with E-state index in [4.69, 9.17) is 111 Å². The van der Waals surface area contributed by atoms with Crippen LogP contribution >= 0.6 is 0 Å². The van der Waals surface area contributed by atoms with Crippen LogP contribution < -0.4 is 28.4 Å². The average molecular weight is 1950 g/mol. The Labute approximate surface area is 927 Å². The van der Waals surface area contributed by atoms with Gasteiger partial charge in [-0.05, 0) is 384 Å². The minimum absolute atomic E-state index is 0.00628. The molecule has 6 aromatic rings. The van der Waals surface area contributed by atoms with Gasteiger partial charge in [-0.2, -0.15) is 0 Å². The minimum Gasteiger partial charge on any atom is -0.507 e. The summed E-state index contributed by atoms with van der Waals surface area (Å²) in [7, 11) is 0. The van der Waals surface area contributed by atoms with Gasteiger partial charge < -0.3 is 59.1 Å². The van der Waals surface area contributed by atoms with Crippen LogP contribution in [0.25, 0.3) is 0 Å². The molecule has 0 bridgehead atoms. The number of benzene rings is 6. The fourth-order valence-electron chi connectivity index (χ4n) is 18.6. The van der Waals surface area contributed by atoms with Crippen molar-refractivity contribution < 1.29 is 150 Å². The first-order valence-electron chi connectivity index (χ1n) is 81.3. The summed E-state index contributed by atoms with van der Waals surface area (Å²) >= 11 is 0. The van der Waals surface area contributed by atoms with Gasteiger partial charge in [0.2, 0.25) is 0 Å². The van der Waals surface area contributed by atoms with Gasteiger partial charge in [0.25, 0.3) is 0 Å². The normalized spacial score (nSPS) is 38.6. The molecule has 18 rings (SSSR count). The molecule has 6 aliphatic carbocycles. The molecule has 0 fully saturated rings. The number of aromatic hydroxyl groups is 6. The van der Waals surface area contributed by atoms with Crippen molar-refractivity contribution in [3.8, 4) is 69.0 Å². The van der Waals surface area contributed by atoms with Crippen LogP contribution in [0.1, 0.15) is 551 Å². The molecule has 138 heavy (non-hydrogen) atoms. The second-order valence-electron chi connectivity index (χ2n) is 38.6. The predicted molar refractivity (Wildman–Crippen MR) is 572 cm³/mol. The molecule has 756 valence electrons. The molecule has 0 radical (unpaired) electrons. The fraction of sp³-hybridized carbons (Fsp3) is 0.619. The van der Waals surface area contributed by atoms with Crippen molar-refractivity contribution in [3.63, 3.8) is 0 Å². The van der Waals surface area contributed by atoms with Gasteiger partial charge in [-0.1, -0.05) is 188 Å². The minimum atomic E-state index is -3.50. The molecule has 0 spiro atoms. The van der Waals surface area contributed by atoms with Crippen LogP contribution in [0.3, 0.4) is 0 Å². The number of unbranched alkanes of at least 4 members (excludes halogenated alkanes) is 6. The van der Waals surface area contributed by atoms with Gasteiger partial charge in [-0.25, -0.2) is 0 Å². The van der Waals surface area contributed by atoms with Gasteiger partial charge in [0, 0.05) is 176 Å². The quantitative estimate of drug-likeness (QED) is 0.0317. The number of allylic oxidation sites excluding steroid dienone is 12. The van der Waals surface area contributed by atoms with Crippen molar-refractivity contribution in [3.05, 3.63) is 209 Å². The Morgan fingerprint density at radius 1 is 0.304 bits per heavy atom. The number of fused-ring (bicyclic) bond motifs is 18. The van der Waals surface area contributed by atoms with Crippen molar-refractivity contribution in [2.24, 2.45) is 35.5 Å². The largest absolute Gasteiger partial charge is 0.507 e. The SMILES string of the molecule is [2H]C1=C(C([2H])([2H])[2H])C([2H])([2H])C([2H])([2H])[C@@]2([2H])C(C)(C)Oc3c([2H])c(C([2H])([2H])CCCC)c([2H])c(O)c3[C@]12[2H].[2H]C1=C(C([2H])([2H])[2H])CC([2H])([2H])[C@@]2([2H])C(C)(C)Oc3c([2H])c(C([2H])([2H])CCCC)c([2H])c(O)c3[C@]12[2H].[2H]c1c(O)c2c(c([2H])c1C([2H])([2H])CCCC)OC(C([2H])([2H])[2H])(C([2H])([2H])[2H])[C@@H]1CC([2H])([2H])C(C)=C[C@@H]21.[2H]c1c(O)c2c(c([2H])c1C([2H])([2H])CCCC)OC(C([2H])([2H])[2H])(C([2H])([2H])[2H])[C@@H]1CCC(C)=C[C@@H]21.[2H]c1c(O)c2c(c([2H])c1C([2H])([2H])CCCC)OC(C)(C)[C@@H]1CC([2H])([2H])C(C([2H])([2H])[2H])=C[C@@]21[2H].[2H]c1c(O)c2c(c([2H])c1C([2H])([2H])CCCC)OC(C)(C)[C@@H]1CCC(C([2H])([2H])[2H])=C[C@@]21[2H]. The second-order valence-corrected chi connectivity index (χ2v) is 38.6. The lowest BCUT2D eigenvalue weighted by molar-refractivity contribution is 0.0104. The summed E-state index contributed by atoms with van der Waals surface area (Å²) in [6, 6.07) is -9.83. The lowest BCUT2D eigenvalue weighted by Gasteiger charge is -2.46. The van der Waals surface area contributed by atoms with E-state index in [0.29, 0.717) is 83.5 Å². The lowest BCUT2D eigenvalue weighted by atomic mass is 9.68. The maximum Gasteiger partial charge on any atom is 0.127 e. The zero-order valence-electron chi connectivity index (χ0n) is 148. The Balaban J connectivity index is 0.000000196. The second kappa shape index (κ2) is 45.7. The Hall–Kier alpha value is -8.64. The monoisotopic (exact) mass is 1950 g/mol. The van der Waals surface area contributed by atoms with E-state index in [-0.39, 0.29) is 120 Å². The first kappa shape index (κ1) is 49.6. The number of hydrogen-bond acceptors (Lipinski definition) is 12. The summed E-state index contributed by atoms with van der Waals surface area (Å²) in [5, 5.41) is 66.3. The van der Waals surface area contributed by atoms with Crippen LogP contribution in [0.5, 0.6) is 69.0 Å². The summed E-state index contributed by atoms with van der Waals surface area (Å²) in [5.41, 5.74) is -18.1. The van der Waals surface area contributed by atoms with Crippen LogP contribution in [-0.4, -0.2) is 64.2 Å². The van der Waals surface area contributed by atoms with Crippen LogP contribution in [0.4, 0.5) is 0 Å². The molecule has 0 saturated heterocycles. The van der Waals surface area contributed by atoms with E-state index in [1.54, 1.807) is 33.8 Å². The Kier molecular flexibility index (Phi) is 16.4. The Bertz CT molecular complexity index is 8690. The van der Waals surface area contributed by atoms with E-state index in [2.05, 4.69) is 0 Å². The van der Waals surface area contributed by atoms with Gasteiger partial charge >= 0.3 is 0 Å². The Morgan fingerprint density at radius 2 is 0.594 bits per heavy atom. The molecule has 0 saturated carbocycles. The van der Waals surface area contributed by atoms with Crippen molar-refractivity contribution >= 4 is 0 Å². The number of ether oxygens (including phenoxy) is 6. The number of rotatable bonds is 24. The van der Waals surface area contributed by atoms with Crippen molar-refractivity contribution in [1.29, 1.82) is 0 Å². The van der Waals surface area contributed by atoms with Gasteiger partial charge in [0.1, 0.15) is 103 Å². The van der Waals surface area contributed by atoms with E-state index < -0.39 is 428 Å². The average Bonchev–Trinajstić information content (AvgIpc) is 0.638. The van der Waals surface area contributed by atoms with Crippen molar-refractivity contribution in [2.75, 3.05) is 0 Å². The highest BCUT2D eigenvalue weighted by atomic mass is 16.5. The highest BCUT2D eigenvalue weighted by molar-refractivity contribution is 5.60. The van der Waals surface area contributed by atoms with Gasteiger partial charge in [0.15, 0.2) is 0 Å². The summed E-state index contributed by atoms with van der Waals surface area (Å²) in [4.78, 5) is 0. The molecular formula is C126H180O12. The molecule has 0 aromatic heterocycles. The lowest BCUT2D eigenvalue weighted by Crippen LogP contribution is -2.45. The molecule has 0 unspecified atom stereocenters. The first-order chi connectivity index (χ1) is 91.7. The molecule has 6 N–H and O–H groups in total. The maximum atomic E-state index is 11.1. The van der Waals surface area contributed by atoms with Crippen molar-refractivity contribution in [2.45, 2.75) is 465 Å². The number of phenolic OH excluding ortho intramolecular Hbond substituents is 6.